The third-order valence-electron chi connectivity index (χ3n) is 4.49. The van der Waals surface area contributed by atoms with E-state index in [4.69, 9.17) is 5.73 Å². The van der Waals surface area contributed by atoms with Gasteiger partial charge in [-0.1, -0.05) is 30.0 Å². The Balaban J connectivity index is 1.60. The highest BCUT2D eigenvalue weighted by molar-refractivity contribution is 8.00. The summed E-state index contributed by atoms with van der Waals surface area (Å²) in [6.07, 6.45) is 0. The van der Waals surface area contributed by atoms with Gasteiger partial charge in [0.25, 0.3) is 0 Å². The monoisotopic (exact) mass is 380 g/mol. The van der Waals surface area contributed by atoms with E-state index in [1.165, 1.54) is 22.7 Å². The predicted octanol–water partition coefficient (Wildman–Crippen LogP) is 3.63. The van der Waals surface area contributed by atoms with Gasteiger partial charge in [-0.2, -0.15) is 4.98 Å². The van der Waals surface area contributed by atoms with Gasteiger partial charge in [0.05, 0.1) is 5.25 Å². The number of carbonyl (C=O) groups is 1. The zero-order chi connectivity index (χ0) is 19.0. The number of anilines is 2. The number of para-hydroxylation sites is 1. The Kier molecular flexibility index (Phi) is 4.49. The number of amides is 1. The number of aromatic nitrogens is 4. The Morgan fingerprint density at radius 3 is 2.78 bits per heavy atom. The normalized spacial score (nSPS) is 12.5. The molecular weight excluding hydrogens is 360 g/mol. The molecule has 0 aliphatic heterocycles. The van der Waals surface area contributed by atoms with Crippen molar-refractivity contribution in [1.29, 1.82) is 0 Å². The van der Waals surface area contributed by atoms with Gasteiger partial charge in [-0.25, -0.2) is 5.10 Å². The van der Waals surface area contributed by atoms with Crippen LogP contribution in [0.4, 0.5) is 11.6 Å². The van der Waals surface area contributed by atoms with Crippen LogP contribution in [0, 0.1) is 0 Å². The van der Waals surface area contributed by atoms with E-state index in [0.717, 1.165) is 23.1 Å². The first-order valence-corrected chi connectivity index (χ1v) is 9.61. The highest BCUT2D eigenvalue weighted by Crippen LogP contribution is 2.31. The maximum atomic E-state index is 12.6. The summed E-state index contributed by atoms with van der Waals surface area (Å²) < 4.78 is 2.28. The van der Waals surface area contributed by atoms with Gasteiger partial charge in [0, 0.05) is 34.0 Å². The molecule has 4 rings (SSSR count). The van der Waals surface area contributed by atoms with E-state index in [-0.39, 0.29) is 17.1 Å². The van der Waals surface area contributed by atoms with Crippen molar-refractivity contribution in [2.45, 2.75) is 30.8 Å². The number of thioether (sulfide) groups is 1. The number of hydrogen-bond acceptors (Lipinski definition) is 5. The molecular formula is C19H20N6OS. The van der Waals surface area contributed by atoms with Crippen molar-refractivity contribution in [3.05, 3.63) is 42.5 Å². The molecule has 0 aliphatic rings. The van der Waals surface area contributed by atoms with Crippen LogP contribution in [0.2, 0.25) is 0 Å². The van der Waals surface area contributed by atoms with Gasteiger partial charge in [-0.3, -0.25) is 4.79 Å². The molecule has 0 spiro atoms. The van der Waals surface area contributed by atoms with Gasteiger partial charge in [-0.05, 0) is 38.1 Å². The Bertz CT molecular complexity index is 1130. The van der Waals surface area contributed by atoms with Gasteiger partial charge in [-0.15, -0.1) is 5.10 Å². The fourth-order valence-electron chi connectivity index (χ4n) is 3.24. The van der Waals surface area contributed by atoms with Crippen LogP contribution in [-0.4, -0.2) is 30.9 Å². The minimum absolute atomic E-state index is 0.109. The first kappa shape index (κ1) is 17.4. The molecule has 0 fully saturated rings. The quantitative estimate of drug-likeness (QED) is 0.459. The first-order valence-electron chi connectivity index (χ1n) is 8.73. The van der Waals surface area contributed by atoms with E-state index in [1.807, 2.05) is 31.2 Å². The van der Waals surface area contributed by atoms with Crippen molar-refractivity contribution in [3.8, 4) is 0 Å². The molecule has 7 nitrogen and oxygen atoms in total. The smallest absolute Gasteiger partial charge is 0.237 e. The van der Waals surface area contributed by atoms with Crippen LogP contribution in [0.25, 0.3) is 21.8 Å². The molecule has 4 N–H and O–H groups in total. The fourth-order valence-corrected chi connectivity index (χ4v) is 3.97. The third kappa shape index (κ3) is 3.23. The zero-order valence-corrected chi connectivity index (χ0v) is 15.9. The fraction of sp³-hybridized carbons (Fsp3) is 0.211. The topological polar surface area (TPSA) is 102 Å². The number of nitrogens with one attached hydrogen (secondary N) is 2. The number of nitrogens with two attached hydrogens (primary N) is 1. The predicted molar refractivity (Wildman–Crippen MR) is 110 cm³/mol. The number of H-pyrrole nitrogens is 1. The van der Waals surface area contributed by atoms with Gasteiger partial charge in [0.15, 0.2) is 0 Å². The lowest BCUT2D eigenvalue weighted by Crippen LogP contribution is -2.22. The molecule has 0 saturated heterocycles. The highest BCUT2D eigenvalue weighted by Gasteiger charge is 2.18. The highest BCUT2D eigenvalue weighted by atomic mass is 32.2. The van der Waals surface area contributed by atoms with E-state index in [2.05, 4.69) is 50.2 Å². The van der Waals surface area contributed by atoms with Crippen molar-refractivity contribution in [1.82, 2.24) is 19.7 Å². The summed E-state index contributed by atoms with van der Waals surface area (Å²) in [6.45, 7) is 4.84. The van der Waals surface area contributed by atoms with Crippen LogP contribution in [0.5, 0.6) is 0 Å². The summed E-state index contributed by atoms with van der Waals surface area (Å²) in [4.78, 5) is 16.6. The number of nitrogen functional groups attached to an aromatic ring is 1. The number of aryl methyl sites for hydroxylation is 1. The Morgan fingerprint density at radius 2 is 2.04 bits per heavy atom. The molecule has 138 valence electrons. The summed E-state index contributed by atoms with van der Waals surface area (Å²) >= 11 is 1.26. The number of benzene rings is 2. The standard InChI is InChI=1S/C19H20N6OS/c1-3-25-15-7-5-4-6-13(15)14-10-12(8-9-16(14)25)21-17(26)11(2)27-19-22-18(20)23-24-19/h4-11H,3H2,1-2H3,(H,21,26)(H3,20,22,23,24). The molecule has 1 unspecified atom stereocenters. The second-order valence-electron chi connectivity index (χ2n) is 6.25. The molecule has 8 heteroatoms. The number of fused-ring (bicyclic) bond motifs is 3. The van der Waals surface area contributed by atoms with Gasteiger partial charge in [0.1, 0.15) is 0 Å². The average Bonchev–Trinajstić information content (AvgIpc) is 3.22. The van der Waals surface area contributed by atoms with Crippen LogP contribution < -0.4 is 11.1 Å². The molecule has 0 aliphatic carbocycles. The lowest BCUT2D eigenvalue weighted by Gasteiger charge is -2.10. The van der Waals surface area contributed by atoms with Crippen molar-refractivity contribution in [3.63, 3.8) is 0 Å². The van der Waals surface area contributed by atoms with Crippen LogP contribution >= 0.6 is 11.8 Å². The maximum Gasteiger partial charge on any atom is 0.237 e. The summed E-state index contributed by atoms with van der Waals surface area (Å²) in [5.41, 5.74) is 8.65. The Labute approximate surface area is 160 Å². The van der Waals surface area contributed by atoms with Crippen LogP contribution in [-0.2, 0) is 11.3 Å². The van der Waals surface area contributed by atoms with E-state index in [9.17, 15) is 4.79 Å². The van der Waals surface area contributed by atoms with Crippen LogP contribution in [0.3, 0.4) is 0 Å². The molecule has 4 aromatic rings. The van der Waals surface area contributed by atoms with Crippen molar-refractivity contribution in [2.24, 2.45) is 0 Å². The van der Waals surface area contributed by atoms with E-state index >= 15 is 0 Å². The Hall–Kier alpha value is -3.00. The number of hydrogen-bond donors (Lipinski definition) is 3. The zero-order valence-electron chi connectivity index (χ0n) is 15.1. The maximum absolute atomic E-state index is 12.6. The largest absolute Gasteiger partial charge is 0.368 e. The number of carbonyl (C=O) groups excluding carboxylic acids is 1. The van der Waals surface area contributed by atoms with Crippen molar-refractivity contribution in [2.75, 3.05) is 11.1 Å². The summed E-state index contributed by atoms with van der Waals surface area (Å²) in [5, 5.41) is 11.9. The summed E-state index contributed by atoms with van der Waals surface area (Å²) in [6, 6.07) is 14.3. The molecule has 0 radical (unpaired) electrons. The van der Waals surface area contributed by atoms with Crippen molar-refractivity contribution < 1.29 is 4.79 Å². The van der Waals surface area contributed by atoms with Gasteiger partial charge in [0.2, 0.25) is 17.0 Å². The molecule has 1 amide bonds. The summed E-state index contributed by atoms with van der Waals surface area (Å²) in [7, 11) is 0. The van der Waals surface area contributed by atoms with E-state index in [1.54, 1.807) is 0 Å². The average molecular weight is 380 g/mol. The lowest BCUT2D eigenvalue weighted by molar-refractivity contribution is -0.115. The minimum Gasteiger partial charge on any atom is -0.368 e. The number of rotatable bonds is 5. The molecule has 1 atom stereocenters. The van der Waals surface area contributed by atoms with Crippen LogP contribution in [0.15, 0.2) is 47.6 Å². The molecule has 27 heavy (non-hydrogen) atoms. The molecule has 0 saturated carbocycles. The first-order chi connectivity index (χ1) is 13.1. The molecule has 0 bridgehead atoms. The molecule has 2 aromatic carbocycles. The van der Waals surface area contributed by atoms with E-state index < -0.39 is 0 Å². The second-order valence-corrected chi connectivity index (χ2v) is 7.55. The van der Waals surface area contributed by atoms with Gasteiger partial charge < -0.3 is 15.6 Å². The Morgan fingerprint density at radius 1 is 1.26 bits per heavy atom. The molecule has 2 aromatic heterocycles. The lowest BCUT2D eigenvalue weighted by atomic mass is 10.1. The summed E-state index contributed by atoms with van der Waals surface area (Å²) in [5.74, 6) is 0.129. The van der Waals surface area contributed by atoms with E-state index in [0.29, 0.717) is 5.16 Å². The second kappa shape index (κ2) is 6.96. The third-order valence-corrected chi connectivity index (χ3v) is 5.45. The molecule has 2 heterocycles. The SMILES string of the molecule is CCn1c2ccccc2c2cc(NC(=O)C(C)Sc3n[nH]c(N)n3)ccc21. The number of nitrogens with zero attached hydrogens (tertiary/aromatic N) is 3. The van der Waals surface area contributed by atoms with Gasteiger partial charge >= 0.3 is 0 Å². The number of aromatic amines is 1. The minimum atomic E-state index is -0.354. The van der Waals surface area contributed by atoms with Crippen molar-refractivity contribution >= 4 is 51.1 Å². The van der Waals surface area contributed by atoms with Crippen LogP contribution in [0.1, 0.15) is 13.8 Å².